The molecule has 0 radical (unpaired) electrons. The van der Waals surface area contributed by atoms with Crippen molar-refractivity contribution in [2.45, 2.75) is 13.8 Å². The van der Waals surface area contributed by atoms with Crippen molar-refractivity contribution in [3.63, 3.8) is 0 Å². The van der Waals surface area contributed by atoms with Gasteiger partial charge >= 0.3 is 0 Å². The van der Waals surface area contributed by atoms with Gasteiger partial charge in [-0.05, 0) is 37.3 Å². The third kappa shape index (κ3) is 3.67. The number of hydrogen-bond acceptors (Lipinski definition) is 4. The molecule has 6 nitrogen and oxygen atoms in total. The summed E-state index contributed by atoms with van der Waals surface area (Å²) in [6.45, 7) is 3.43. The fraction of sp³-hybridized carbons (Fsp3) is 0.125. The van der Waals surface area contributed by atoms with Gasteiger partial charge in [-0.25, -0.2) is 4.99 Å². The predicted octanol–water partition coefficient (Wildman–Crippen LogP) is 4.73. The molecule has 0 aliphatic carbocycles. The van der Waals surface area contributed by atoms with Crippen molar-refractivity contribution in [3.05, 3.63) is 83.7 Å². The van der Waals surface area contributed by atoms with E-state index >= 15 is 0 Å². The predicted molar refractivity (Wildman–Crippen MR) is 120 cm³/mol. The number of aromatic amines is 1. The maximum Gasteiger partial charge on any atom is 0.223 e. The maximum absolute atomic E-state index is 11.8. The standard InChI is InChI=1S/C24H22N4O2/c1-15-13-18(11-12-25-15)26-23(17-7-5-4-6-8-17)22-20-14-19(28(3)16(2)29)9-10-21(20)27-24(22)30/h4-14,27,30H,1-3H3. The molecule has 2 aromatic carbocycles. The highest BCUT2D eigenvalue weighted by Gasteiger charge is 2.20. The molecule has 0 saturated heterocycles. The van der Waals surface area contributed by atoms with E-state index in [0.29, 0.717) is 11.3 Å². The number of benzene rings is 2. The molecule has 0 fully saturated rings. The number of nitrogens with one attached hydrogen (secondary N) is 1. The first-order valence-corrected chi connectivity index (χ1v) is 9.60. The second-order valence-corrected chi connectivity index (χ2v) is 7.14. The number of carbonyl (C=O) groups excluding carboxylic acids is 1. The van der Waals surface area contributed by atoms with Crippen LogP contribution in [-0.4, -0.2) is 33.7 Å². The smallest absolute Gasteiger partial charge is 0.223 e. The molecule has 0 unspecified atom stereocenters. The van der Waals surface area contributed by atoms with Crippen LogP contribution in [0.25, 0.3) is 10.9 Å². The molecular weight excluding hydrogens is 376 g/mol. The van der Waals surface area contributed by atoms with Crippen LogP contribution < -0.4 is 4.90 Å². The molecule has 6 heteroatoms. The Labute approximate surface area is 174 Å². The summed E-state index contributed by atoms with van der Waals surface area (Å²) < 4.78 is 0. The van der Waals surface area contributed by atoms with Crippen LogP contribution in [0.15, 0.2) is 71.9 Å². The molecule has 1 amide bonds. The largest absolute Gasteiger partial charge is 0.494 e. The second kappa shape index (κ2) is 7.83. The molecule has 4 rings (SSSR count). The van der Waals surface area contributed by atoms with Gasteiger partial charge < -0.3 is 15.0 Å². The highest BCUT2D eigenvalue weighted by molar-refractivity contribution is 6.22. The number of nitrogens with zero attached hydrogens (tertiary/aromatic N) is 3. The summed E-state index contributed by atoms with van der Waals surface area (Å²) in [5.41, 5.74) is 5.19. The number of hydrogen-bond donors (Lipinski definition) is 2. The number of anilines is 1. The highest BCUT2D eigenvalue weighted by atomic mass is 16.3. The molecular formula is C24H22N4O2. The fourth-order valence-electron chi connectivity index (χ4n) is 3.39. The lowest BCUT2D eigenvalue weighted by Gasteiger charge is -2.15. The minimum Gasteiger partial charge on any atom is -0.494 e. The minimum atomic E-state index is -0.0696. The number of fused-ring (bicyclic) bond motifs is 1. The van der Waals surface area contributed by atoms with Crippen LogP contribution in [-0.2, 0) is 4.79 Å². The van der Waals surface area contributed by atoms with E-state index in [0.717, 1.165) is 33.5 Å². The van der Waals surface area contributed by atoms with Crippen molar-refractivity contribution >= 4 is 33.9 Å². The van der Waals surface area contributed by atoms with E-state index in [4.69, 9.17) is 4.99 Å². The third-order valence-corrected chi connectivity index (χ3v) is 5.03. The second-order valence-electron chi connectivity index (χ2n) is 7.14. The van der Waals surface area contributed by atoms with E-state index in [2.05, 4.69) is 9.97 Å². The van der Waals surface area contributed by atoms with Crippen molar-refractivity contribution in [2.24, 2.45) is 4.99 Å². The molecule has 2 heterocycles. The number of carbonyl (C=O) groups is 1. The normalized spacial score (nSPS) is 11.6. The zero-order valence-electron chi connectivity index (χ0n) is 17.0. The van der Waals surface area contributed by atoms with Gasteiger partial charge in [-0.2, -0.15) is 0 Å². The first kappa shape index (κ1) is 19.4. The Morgan fingerprint density at radius 3 is 2.57 bits per heavy atom. The Balaban J connectivity index is 1.98. The lowest BCUT2D eigenvalue weighted by molar-refractivity contribution is -0.116. The van der Waals surface area contributed by atoms with Gasteiger partial charge in [0.1, 0.15) is 0 Å². The molecule has 0 bridgehead atoms. The van der Waals surface area contributed by atoms with Gasteiger partial charge in [-0.3, -0.25) is 9.78 Å². The van der Waals surface area contributed by atoms with Crippen molar-refractivity contribution in [2.75, 3.05) is 11.9 Å². The number of H-pyrrole nitrogens is 1. The van der Waals surface area contributed by atoms with Crippen LogP contribution in [0, 0.1) is 6.92 Å². The molecule has 30 heavy (non-hydrogen) atoms. The SMILES string of the molecule is CC(=O)N(C)c1ccc2[nH]c(O)c(C(=Nc3ccnc(C)c3)c3ccccc3)c2c1. The Morgan fingerprint density at radius 1 is 1.10 bits per heavy atom. The number of aromatic hydroxyl groups is 1. The molecule has 150 valence electrons. The van der Waals surface area contributed by atoms with Gasteiger partial charge in [0.25, 0.3) is 0 Å². The summed E-state index contributed by atoms with van der Waals surface area (Å²) in [5, 5.41) is 11.6. The molecule has 2 N–H and O–H groups in total. The number of rotatable bonds is 4. The van der Waals surface area contributed by atoms with Crippen LogP contribution >= 0.6 is 0 Å². The van der Waals surface area contributed by atoms with Gasteiger partial charge in [0, 0.05) is 48.0 Å². The summed E-state index contributed by atoms with van der Waals surface area (Å²) >= 11 is 0. The quantitative estimate of drug-likeness (QED) is 0.488. The summed E-state index contributed by atoms with van der Waals surface area (Å²) in [6, 6.07) is 19.0. The summed E-state index contributed by atoms with van der Waals surface area (Å²) in [4.78, 5) is 25.5. The summed E-state index contributed by atoms with van der Waals surface area (Å²) in [6.07, 6.45) is 1.71. The van der Waals surface area contributed by atoms with Gasteiger partial charge in [0.2, 0.25) is 5.91 Å². The molecule has 0 aliphatic rings. The first-order valence-electron chi connectivity index (χ1n) is 9.60. The monoisotopic (exact) mass is 398 g/mol. The zero-order chi connectivity index (χ0) is 21.3. The van der Waals surface area contributed by atoms with Gasteiger partial charge in [-0.15, -0.1) is 0 Å². The molecule has 0 atom stereocenters. The molecule has 0 aliphatic heterocycles. The molecule has 4 aromatic rings. The Morgan fingerprint density at radius 2 is 1.87 bits per heavy atom. The van der Waals surface area contributed by atoms with Crippen LogP contribution in [0.4, 0.5) is 11.4 Å². The number of aliphatic imine (C=N–C) groups is 1. The van der Waals surface area contributed by atoms with Crippen LogP contribution in [0.2, 0.25) is 0 Å². The van der Waals surface area contributed by atoms with Crippen molar-refractivity contribution in [1.82, 2.24) is 9.97 Å². The third-order valence-electron chi connectivity index (χ3n) is 5.03. The molecule has 2 aromatic heterocycles. The van der Waals surface area contributed by atoms with Gasteiger partial charge in [-0.1, -0.05) is 30.3 Å². The number of aromatic nitrogens is 2. The zero-order valence-corrected chi connectivity index (χ0v) is 17.0. The van der Waals surface area contributed by atoms with E-state index in [1.54, 1.807) is 18.1 Å². The van der Waals surface area contributed by atoms with Crippen LogP contribution in [0.1, 0.15) is 23.7 Å². The van der Waals surface area contributed by atoms with Crippen molar-refractivity contribution < 1.29 is 9.90 Å². The van der Waals surface area contributed by atoms with E-state index < -0.39 is 0 Å². The Hall–Kier alpha value is -3.93. The Bertz CT molecular complexity index is 1260. The highest BCUT2D eigenvalue weighted by Crippen LogP contribution is 2.33. The number of aryl methyl sites for hydroxylation is 1. The van der Waals surface area contributed by atoms with E-state index in [9.17, 15) is 9.90 Å². The molecule has 0 spiro atoms. The van der Waals surface area contributed by atoms with Crippen LogP contribution in [0.5, 0.6) is 5.88 Å². The summed E-state index contributed by atoms with van der Waals surface area (Å²) in [5.74, 6) is -0.0409. The lowest BCUT2D eigenvalue weighted by Crippen LogP contribution is -2.22. The lowest BCUT2D eigenvalue weighted by atomic mass is 10.0. The fourth-order valence-corrected chi connectivity index (χ4v) is 3.39. The summed E-state index contributed by atoms with van der Waals surface area (Å²) in [7, 11) is 1.72. The van der Waals surface area contributed by atoms with Gasteiger partial charge in [0.05, 0.1) is 17.0 Å². The average Bonchev–Trinajstić information content (AvgIpc) is 3.07. The van der Waals surface area contributed by atoms with Crippen LogP contribution in [0.3, 0.4) is 0 Å². The average molecular weight is 398 g/mol. The first-order chi connectivity index (χ1) is 14.4. The number of amides is 1. The van der Waals surface area contributed by atoms with E-state index in [1.807, 2.05) is 67.6 Å². The maximum atomic E-state index is 11.8. The van der Waals surface area contributed by atoms with E-state index in [1.165, 1.54) is 6.92 Å². The number of pyridine rings is 1. The topological polar surface area (TPSA) is 81.6 Å². The van der Waals surface area contributed by atoms with E-state index in [-0.39, 0.29) is 11.8 Å². The molecule has 0 saturated carbocycles. The Kier molecular flexibility index (Phi) is 5.06. The van der Waals surface area contributed by atoms with Gasteiger partial charge in [0.15, 0.2) is 5.88 Å². The van der Waals surface area contributed by atoms with Crippen molar-refractivity contribution in [1.29, 1.82) is 0 Å². The minimum absolute atomic E-state index is 0.0287. The van der Waals surface area contributed by atoms with Crippen molar-refractivity contribution in [3.8, 4) is 5.88 Å².